The molecular weight excluding hydrogens is 254 g/mol. The molecule has 0 aliphatic heterocycles. The molecule has 0 bridgehead atoms. The molecular formula is C12H16F2N4O. The van der Waals surface area contributed by atoms with E-state index in [1.165, 1.54) is 0 Å². The van der Waals surface area contributed by atoms with Crippen LogP contribution in [0.1, 0.15) is 20.8 Å². The van der Waals surface area contributed by atoms with Gasteiger partial charge in [-0.05, 0) is 32.9 Å². The third kappa shape index (κ3) is 5.80. The van der Waals surface area contributed by atoms with Crippen LogP contribution in [0.5, 0.6) is 0 Å². The summed E-state index contributed by atoms with van der Waals surface area (Å²) < 4.78 is 25.8. The quantitative estimate of drug-likeness (QED) is 0.467. The van der Waals surface area contributed by atoms with Crippen LogP contribution in [0, 0.1) is 17.0 Å². The van der Waals surface area contributed by atoms with Crippen LogP contribution >= 0.6 is 0 Å². The fraction of sp³-hybridized carbons (Fsp3) is 0.333. The molecule has 4 N–H and O–H groups in total. The number of urea groups is 1. The number of anilines is 1. The predicted molar refractivity (Wildman–Crippen MR) is 69.1 cm³/mol. The average Bonchev–Trinajstić information content (AvgIpc) is 2.10. The van der Waals surface area contributed by atoms with Crippen LogP contribution < -0.4 is 16.0 Å². The van der Waals surface area contributed by atoms with Crippen molar-refractivity contribution in [3.8, 4) is 0 Å². The van der Waals surface area contributed by atoms with E-state index >= 15 is 0 Å². The highest BCUT2D eigenvalue weighted by atomic mass is 19.1. The van der Waals surface area contributed by atoms with E-state index in [9.17, 15) is 13.6 Å². The van der Waals surface area contributed by atoms with Crippen molar-refractivity contribution in [1.29, 1.82) is 5.41 Å². The van der Waals surface area contributed by atoms with Crippen LogP contribution in [0.2, 0.25) is 0 Å². The molecule has 19 heavy (non-hydrogen) atoms. The zero-order chi connectivity index (χ0) is 14.6. The van der Waals surface area contributed by atoms with Gasteiger partial charge in [0.05, 0.1) is 0 Å². The smallest absolute Gasteiger partial charge is 0.321 e. The predicted octanol–water partition coefficient (Wildman–Crippen LogP) is 2.41. The van der Waals surface area contributed by atoms with Crippen LogP contribution in [0.3, 0.4) is 0 Å². The summed E-state index contributed by atoms with van der Waals surface area (Å²) in [4.78, 5) is 11.4. The topological polar surface area (TPSA) is 77.0 Å². The molecule has 7 heteroatoms. The number of hydrogen-bond donors (Lipinski definition) is 4. The molecule has 0 aliphatic rings. The summed E-state index contributed by atoms with van der Waals surface area (Å²) in [6, 6.07) is 2.16. The molecule has 104 valence electrons. The number of nitrogens with one attached hydrogen (secondary N) is 4. The summed E-state index contributed by atoms with van der Waals surface area (Å²) in [6.07, 6.45) is 0. The summed E-state index contributed by atoms with van der Waals surface area (Å²) in [7, 11) is 0. The number of benzene rings is 1. The Hall–Kier alpha value is -2.18. The van der Waals surface area contributed by atoms with Gasteiger partial charge in [-0.15, -0.1) is 0 Å². The average molecular weight is 270 g/mol. The van der Waals surface area contributed by atoms with Gasteiger partial charge in [0.15, 0.2) is 0 Å². The second kappa shape index (κ2) is 5.64. The van der Waals surface area contributed by atoms with E-state index in [2.05, 4.69) is 16.0 Å². The Bertz CT molecular complexity index is 477. The molecule has 0 fully saturated rings. The summed E-state index contributed by atoms with van der Waals surface area (Å²) in [5.41, 5.74) is -0.409. The number of carbonyl (C=O) groups excluding carboxylic acids is 1. The van der Waals surface area contributed by atoms with Gasteiger partial charge in [0.1, 0.15) is 11.6 Å². The third-order valence-corrected chi connectivity index (χ3v) is 1.86. The van der Waals surface area contributed by atoms with Crippen LogP contribution in [0.25, 0.3) is 0 Å². The van der Waals surface area contributed by atoms with Crippen LogP contribution in [-0.4, -0.2) is 17.5 Å². The molecule has 0 spiro atoms. The van der Waals surface area contributed by atoms with Gasteiger partial charge in [0, 0.05) is 17.3 Å². The molecule has 0 heterocycles. The lowest BCUT2D eigenvalue weighted by Crippen LogP contribution is -2.49. The first-order valence-electron chi connectivity index (χ1n) is 5.56. The maximum atomic E-state index is 12.9. The molecule has 0 unspecified atom stereocenters. The maximum Gasteiger partial charge on any atom is 0.321 e. The Labute approximate surface area is 109 Å². The summed E-state index contributed by atoms with van der Waals surface area (Å²) in [5.74, 6) is -1.92. The molecule has 0 radical (unpaired) electrons. The van der Waals surface area contributed by atoms with E-state index in [0.717, 1.165) is 12.1 Å². The van der Waals surface area contributed by atoms with Gasteiger partial charge in [-0.2, -0.15) is 0 Å². The van der Waals surface area contributed by atoms with Crippen LogP contribution in [0.4, 0.5) is 19.3 Å². The highest BCUT2D eigenvalue weighted by Gasteiger charge is 2.14. The minimum absolute atomic E-state index is 0.0403. The minimum Gasteiger partial charge on any atom is -0.333 e. The van der Waals surface area contributed by atoms with Crippen molar-refractivity contribution in [2.24, 2.45) is 0 Å². The molecule has 5 nitrogen and oxygen atoms in total. The van der Waals surface area contributed by atoms with E-state index in [1.807, 2.05) is 0 Å². The zero-order valence-electron chi connectivity index (χ0n) is 10.9. The van der Waals surface area contributed by atoms with E-state index in [1.54, 1.807) is 20.8 Å². The fourth-order valence-electron chi connectivity index (χ4n) is 1.29. The first-order valence-corrected chi connectivity index (χ1v) is 5.56. The monoisotopic (exact) mass is 270 g/mol. The summed E-state index contributed by atoms with van der Waals surface area (Å²) in [6.45, 7) is 5.35. The van der Waals surface area contributed by atoms with Gasteiger partial charge in [-0.25, -0.2) is 13.6 Å². The van der Waals surface area contributed by atoms with Crippen molar-refractivity contribution >= 4 is 17.7 Å². The molecule has 0 saturated heterocycles. The lowest BCUT2D eigenvalue weighted by molar-refractivity contribution is 0.236. The van der Waals surface area contributed by atoms with Crippen LogP contribution in [-0.2, 0) is 0 Å². The lowest BCUT2D eigenvalue weighted by atomic mass is 10.1. The number of guanidine groups is 1. The summed E-state index contributed by atoms with van der Waals surface area (Å²) in [5, 5.41) is 14.6. The van der Waals surface area contributed by atoms with Gasteiger partial charge < -0.3 is 10.6 Å². The van der Waals surface area contributed by atoms with Crippen molar-refractivity contribution in [1.82, 2.24) is 10.6 Å². The second-order valence-electron chi connectivity index (χ2n) is 4.99. The Balaban J connectivity index is 2.58. The van der Waals surface area contributed by atoms with Gasteiger partial charge in [-0.3, -0.25) is 10.7 Å². The molecule has 1 aromatic rings. The van der Waals surface area contributed by atoms with Crippen LogP contribution in [0.15, 0.2) is 18.2 Å². The maximum absolute atomic E-state index is 12.9. The molecule has 0 atom stereocenters. The van der Waals surface area contributed by atoms with E-state index in [0.29, 0.717) is 6.07 Å². The van der Waals surface area contributed by atoms with E-state index < -0.39 is 23.2 Å². The largest absolute Gasteiger partial charge is 0.333 e. The van der Waals surface area contributed by atoms with E-state index in [-0.39, 0.29) is 11.6 Å². The van der Waals surface area contributed by atoms with Crippen molar-refractivity contribution in [2.75, 3.05) is 5.32 Å². The molecule has 1 rings (SSSR count). The number of hydrogen-bond acceptors (Lipinski definition) is 2. The second-order valence-corrected chi connectivity index (χ2v) is 4.99. The number of rotatable bonds is 1. The number of amides is 2. The lowest BCUT2D eigenvalue weighted by Gasteiger charge is -2.21. The Morgan fingerprint density at radius 3 is 2.16 bits per heavy atom. The molecule has 0 aliphatic carbocycles. The Morgan fingerprint density at radius 1 is 1.16 bits per heavy atom. The molecule has 0 saturated carbocycles. The molecule has 0 aromatic heterocycles. The Kier molecular flexibility index (Phi) is 4.42. The zero-order valence-corrected chi connectivity index (χ0v) is 10.9. The van der Waals surface area contributed by atoms with Gasteiger partial charge in [-0.1, -0.05) is 0 Å². The van der Waals surface area contributed by atoms with Gasteiger partial charge >= 0.3 is 6.03 Å². The molecule has 2 amide bonds. The number of carbonyl (C=O) groups is 1. The van der Waals surface area contributed by atoms with Crippen molar-refractivity contribution in [3.63, 3.8) is 0 Å². The number of halogens is 2. The van der Waals surface area contributed by atoms with Crippen molar-refractivity contribution < 1.29 is 13.6 Å². The van der Waals surface area contributed by atoms with Crippen molar-refractivity contribution in [3.05, 3.63) is 29.8 Å². The first-order chi connectivity index (χ1) is 8.65. The standard InChI is InChI=1S/C12H16F2N4O/c1-12(2,3)18-11(19)17-10(15)16-9-5-7(13)4-8(14)6-9/h4-6H,1-3H3,(H4,15,16,17,18,19). The highest BCUT2D eigenvalue weighted by molar-refractivity contribution is 6.02. The third-order valence-electron chi connectivity index (χ3n) is 1.86. The molecule has 1 aromatic carbocycles. The first kappa shape index (κ1) is 14.9. The Morgan fingerprint density at radius 2 is 1.68 bits per heavy atom. The van der Waals surface area contributed by atoms with E-state index in [4.69, 9.17) is 5.41 Å². The van der Waals surface area contributed by atoms with Gasteiger partial charge in [0.2, 0.25) is 5.96 Å². The highest BCUT2D eigenvalue weighted by Crippen LogP contribution is 2.12. The van der Waals surface area contributed by atoms with Gasteiger partial charge in [0.25, 0.3) is 0 Å². The van der Waals surface area contributed by atoms with Crippen molar-refractivity contribution in [2.45, 2.75) is 26.3 Å². The normalized spacial score (nSPS) is 10.8. The summed E-state index contributed by atoms with van der Waals surface area (Å²) >= 11 is 0. The fourth-order valence-corrected chi connectivity index (χ4v) is 1.29. The minimum atomic E-state index is -0.769. The SMILES string of the molecule is CC(C)(C)NC(=O)NC(=N)Nc1cc(F)cc(F)c1.